The van der Waals surface area contributed by atoms with Crippen LogP contribution >= 0.6 is 11.6 Å². The second kappa shape index (κ2) is 5.87. The number of hydrogen-bond acceptors (Lipinski definition) is 2. The zero-order chi connectivity index (χ0) is 13.8. The van der Waals surface area contributed by atoms with E-state index >= 15 is 0 Å². The van der Waals surface area contributed by atoms with E-state index in [1.54, 1.807) is 18.2 Å². The predicted octanol–water partition coefficient (Wildman–Crippen LogP) is 2.45. The van der Waals surface area contributed by atoms with E-state index in [4.69, 9.17) is 17.3 Å². The van der Waals surface area contributed by atoms with Crippen LogP contribution in [0.2, 0.25) is 5.02 Å². The Morgan fingerprint density at radius 3 is 2.53 bits per heavy atom. The molecule has 0 aromatic heterocycles. The van der Waals surface area contributed by atoms with Gasteiger partial charge < -0.3 is 10.8 Å². The Morgan fingerprint density at radius 2 is 1.89 bits per heavy atom. The molecule has 2 rings (SSSR count). The van der Waals surface area contributed by atoms with Gasteiger partial charge >= 0.3 is 0 Å². The molecule has 2 aromatic rings. The Bertz CT molecular complexity index is 584. The summed E-state index contributed by atoms with van der Waals surface area (Å²) in [6.45, 7) is 0. The van der Waals surface area contributed by atoms with Crippen LogP contribution in [0.1, 0.15) is 22.8 Å². The van der Waals surface area contributed by atoms with Crippen molar-refractivity contribution in [2.45, 2.75) is 12.5 Å². The first-order valence-corrected chi connectivity index (χ1v) is 6.25. The van der Waals surface area contributed by atoms with Gasteiger partial charge in [0.05, 0.1) is 6.42 Å². The molecular formula is C15H14ClNO2. The molecule has 1 atom stereocenters. The predicted molar refractivity (Wildman–Crippen MR) is 74.9 cm³/mol. The van der Waals surface area contributed by atoms with Crippen molar-refractivity contribution in [3.63, 3.8) is 0 Å². The normalized spacial score (nSPS) is 12.1. The molecule has 3 N–H and O–H groups in total. The van der Waals surface area contributed by atoms with Crippen LogP contribution < -0.4 is 5.73 Å². The number of halogens is 1. The number of aliphatic hydroxyl groups excluding tert-OH is 1. The molecule has 1 amide bonds. The van der Waals surface area contributed by atoms with E-state index < -0.39 is 12.0 Å². The third-order valence-corrected chi connectivity index (χ3v) is 3.12. The minimum Gasteiger partial charge on any atom is -0.384 e. The summed E-state index contributed by atoms with van der Waals surface area (Å²) in [5.74, 6) is -0.441. The van der Waals surface area contributed by atoms with Gasteiger partial charge in [0.1, 0.15) is 6.10 Å². The van der Waals surface area contributed by atoms with E-state index in [-0.39, 0.29) is 6.42 Å². The van der Waals surface area contributed by atoms with Crippen LogP contribution in [0.15, 0.2) is 48.5 Å². The maximum absolute atomic E-state index is 11.1. The summed E-state index contributed by atoms with van der Waals surface area (Å²) in [7, 11) is 0. The number of carbonyl (C=O) groups is 1. The minimum absolute atomic E-state index is 0.0798. The number of primary amides is 1. The van der Waals surface area contributed by atoms with Gasteiger partial charge in [-0.2, -0.15) is 0 Å². The van der Waals surface area contributed by atoms with Crippen molar-refractivity contribution in [3.8, 4) is 0 Å². The summed E-state index contributed by atoms with van der Waals surface area (Å²) in [6.07, 6.45) is -0.745. The highest BCUT2D eigenvalue weighted by molar-refractivity contribution is 6.30. The van der Waals surface area contributed by atoms with Gasteiger partial charge in [0.15, 0.2) is 0 Å². The van der Waals surface area contributed by atoms with Gasteiger partial charge in [-0.05, 0) is 28.8 Å². The second-order valence-corrected chi connectivity index (χ2v) is 4.74. The summed E-state index contributed by atoms with van der Waals surface area (Å²) >= 11 is 5.96. The molecule has 0 aliphatic rings. The Hall–Kier alpha value is -1.84. The van der Waals surface area contributed by atoms with Crippen LogP contribution in [0, 0.1) is 0 Å². The Morgan fingerprint density at radius 1 is 1.21 bits per heavy atom. The van der Waals surface area contributed by atoms with Crippen LogP contribution in [0.25, 0.3) is 0 Å². The average Bonchev–Trinajstić information content (AvgIpc) is 2.40. The number of aliphatic hydroxyl groups is 1. The molecule has 0 heterocycles. The van der Waals surface area contributed by atoms with Gasteiger partial charge in [-0.25, -0.2) is 0 Å². The smallest absolute Gasteiger partial charge is 0.221 e. The first kappa shape index (κ1) is 13.6. The summed E-state index contributed by atoms with van der Waals surface area (Å²) in [5, 5.41) is 10.9. The molecule has 0 spiro atoms. The quantitative estimate of drug-likeness (QED) is 0.900. The van der Waals surface area contributed by atoms with Crippen LogP contribution in [0.5, 0.6) is 0 Å². The lowest BCUT2D eigenvalue weighted by Gasteiger charge is -2.16. The molecule has 0 radical (unpaired) electrons. The second-order valence-electron chi connectivity index (χ2n) is 4.30. The first-order chi connectivity index (χ1) is 9.08. The molecule has 4 heteroatoms. The number of carbonyl (C=O) groups excluding carboxylic acids is 1. The molecule has 0 aliphatic heterocycles. The number of hydrogen-bond donors (Lipinski definition) is 2. The molecule has 1 unspecified atom stereocenters. The Labute approximate surface area is 116 Å². The fraction of sp³-hybridized carbons (Fsp3) is 0.133. The van der Waals surface area contributed by atoms with Crippen molar-refractivity contribution < 1.29 is 9.90 Å². The lowest BCUT2D eigenvalue weighted by molar-refractivity contribution is -0.117. The van der Waals surface area contributed by atoms with Gasteiger partial charge in [-0.15, -0.1) is 0 Å². The topological polar surface area (TPSA) is 63.3 Å². The molecule has 0 saturated heterocycles. The lowest BCUT2D eigenvalue weighted by Crippen LogP contribution is -2.16. The standard InChI is InChI=1S/C15H14ClNO2/c16-12-7-6-11(8-14(17)18)13(9-12)15(19)10-4-2-1-3-5-10/h1-7,9,15,19H,8H2,(H2,17,18). The number of amides is 1. The molecule has 3 nitrogen and oxygen atoms in total. The summed E-state index contributed by atoms with van der Waals surface area (Å²) in [6, 6.07) is 14.3. The van der Waals surface area contributed by atoms with E-state index in [9.17, 15) is 9.90 Å². The molecule has 2 aromatic carbocycles. The first-order valence-electron chi connectivity index (χ1n) is 5.87. The number of benzene rings is 2. The zero-order valence-electron chi connectivity index (χ0n) is 10.2. The maximum Gasteiger partial charge on any atom is 0.221 e. The molecular weight excluding hydrogens is 262 g/mol. The Balaban J connectivity index is 2.42. The largest absolute Gasteiger partial charge is 0.384 e. The molecule has 0 saturated carbocycles. The van der Waals surface area contributed by atoms with E-state index in [1.165, 1.54) is 0 Å². The fourth-order valence-electron chi connectivity index (χ4n) is 1.98. The van der Waals surface area contributed by atoms with E-state index in [0.717, 1.165) is 5.56 Å². The summed E-state index contributed by atoms with van der Waals surface area (Å²) < 4.78 is 0. The van der Waals surface area contributed by atoms with Gasteiger partial charge in [0.25, 0.3) is 0 Å². The Kier molecular flexibility index (Phi) is 4.20. The van der Waals surface area contributed by atoms with Crippen LogP contribution in [0.4, 0.5) is 0 Å². The highest BCUT2D eigenvalue weighted by Gasteiger charge is 2.16. The monoisotopic (exact) mass is 275 g/mol. The third kappa shape index (κ3) is 3.34. The minimum atomic E-state index is -0.825. The molecule has 0 fully saturated rings. The molecule has 98 valence electrons. The highest BCUT2D eigenvalue weighted by atomic mass is 35.5. The zero-order valence-corrected chi connectivity index (χ0v) is 11.0. The van der Waals surface area contributed by atoms with Gasteiger partial charge in [-0.3, -0.25) is 4.79 Å². The van der Waals surface area contributed by atoms with Crippen molar-refractivity contribution in [2.75, 3.05) is 0 Å². The van der Waals surface area contributed by atoms with Crippen LogP contribution in [-0.4, -0.2) is 11.0 Å². The number of nitrogens with two attached hydrogens (primary N) is 1. The van der Waals surface area contributed by atoms with Crippen molar-refractivity contribution in [2.24, 2.45) is 5.73 Å². The van der Waals surface area contributed by atoms with Crippen molar-refractivity contribution in [3.05, 3.63) is 70.2 Å². The summed E-state index contributed by atoms with van der Waals surface area (Å²) in [5.41, 5.74) is 7.26. The third-order valence-electron chi connectivity index (χ3n) is 2.88. The maximum atomic E-state index is 11.1. The van der Waals surface area contributed by atoms with E-state index in [1.807, 2.05) is 30.3 Å². The van der Waals surface area contributed by atoms with Crippen LogP contribution in [-0.2, 0) is 11.2 Å². The van der Waals surface area contributed by atoms with Gasteiger partial charge in [-0.1, -0.05) is 48.0 Å². The van der Waals surface area contributed by atoms with Crippen molar-refractivity contribution in [1.29, 1.82) is 0 Å². The highest BCUT2D eigenvalue weighted by Crippen LogP contribution is 2.27. The van der Waals surface area contributed by atoms with Gasteiger partial charge in [0, 0.05) is 5.02 Å². The van der Waals surface area contributed by atoms with Crippen molar-refractivity contribution >= 4 is 17.5 Å². The summed E-state index contributed by atoms with van der Waals surface area (Å²) in [4.78, 5) is 11.1. The van der Waals surface area contributed by atoms with Crippen LogP contribution in [0.3, 0.4) is 0 Å². The van der Waals surface area contributed by atoms with E-state index in [0.29, 0.717) is 16.1 Å². The number of rotatable bonds is 4. The SMILES string of the molecule is NC(=O)Cc1ccc(Cl)cc1C(O)c1ccccc1. The van der Waals surface area contributed by atoms with Gasteiger partial charge in [0.2, 0.25) is 5.91 Å². The van der Waals surface area contributed by atoms with Crippen molar-refractivity contribution in [1.82, 2.24) is 0 Å². The molecule has 19 heavy (non-hydrogen) atoms. The fourth-order valence-corrected chi connectivity index (χ4v) is 2.16. The molecule has 0 aliphatic carbocycles. The van der Waals surface area contributed by atoms with E-state index in [2.05, 4.69) is 0 Å². The molecule has 0 bridgehead atoms. The lowest BCUT2D eigenvalue weighted by atomic mass is 9.95. The average molecular weight is 276 g/mol.